The van der Waals surface area contributed by atoms with Crippen LogP contribution in [0.25, 0.3) is 12.3 Å². The van der Waals surface area contributed by atoms with E-state index in [2.05, 4.69) is 81.2 Å². The minimum absolute atomic E-state index is 0.142. The van der Waals surface area contributed by atoms with E-state index in [4.69, 9.17) is 0 Å². The summed E-state index contributed by atoms with van der Waals surface area (Å²) in [7, 11) is 2.17. The Morgan fingerprint density at radius 1 is 1.17 bits per heavy atom. The number of hydrogen-bond acceptors (Lipinski definition) is 2. The Bertz CT molecular complexity index is 835. The van der Waals surface area contributed by atoms with Crippen LogP contribution in [0.5, 0.6) is 0 Å². The SMILES string of the molecule is Cc1ccccc1C1(C)C=c2cncc(CC(C)C)c2=CN1C. The predicted octanol–water partition coefficient (Wildman–Crippen LogP) is 2.97. The molecule has 0 saturated carbocycles. The zero-order valence-electron chi connectivity index (χ0n) is 14.8. The van der Waals surface area contributed by atoms with Crippen molar-refractivity contribution in [3.63, 3.8) is 0 Å². The molecule has 0 bridgehead atoms. The van der Waals surface area contributed by atoms with Gasteiger partial charge in [-0.25, -0.2) is 0 Å². The van der Waals surface area contributed by atoms with E-state index < -0.39 is 0 Å². The number of fused-ring (bicyclic) bond motifs is 1. The summed E-state index contributed by atoms with van der Waals surface area (Å²) in [4.78, 5) is 6.82. The first-order chi connectivity index (χ1) is 10.9. The highest BCUT2D eigenvalue weighted by Crippen LogP contribution is 2.32. The molecule has 0 radical (unpaired) electrons. The highest BCUT2D eigenvalue weighted by molar-refractivity contribution is 5.54. The van der Waals surface area contributed by atoms with Gasteiger partial charge >= 0.3 is 0 Å². The monoisotopic (exact) mass is 306 g/mol. The molecule has 0 amide bonds. The van der Waals surface area contributed by atoms with Crippen LogP contribution in [0, 0.1) is 12.8 Å². The summed E-state index contributed by atoms with van der Waals surface area (Å²) in [5.74, 6) is 0.631. The van der Waals surface area contributed by atoms with Gasteiger partial charge in [-0.1, -0.05) is 38.1 Å². The van der Waals surface area contributed by atoms with Crippen LogP contribution in [-0.4, -0.2) is 16.9 Å². The molecule has 1 unspecified atom stereocenters. The van der Waals surface area contributed by atoms with Crippen molar-refractivity contribution in [3.05, 3.63) is 63.8 Å². The molecular formula is C21H26N2. The maximum Gasteiger partial charge on any atom is 0.0812 e. The molecule has 1 aromatic heterocycles. The molecule has 2 heteroatoms. The number of pyridine rings is 1. The minimum Gasteiger partial charge on any atom is -0.367 e. The van der Waals surface area contributed by atoms with Gasteiger partial charge < -0.3 is 4.90 Å². The van der Waals surface area contributed by atoms with Gasteiger partial charge in [-0.05, 0) is 49.0 Å². The van der Waals surface area contributed by atoms with Crippen molar-refractivity contribution in [1.29, 1.82) is 0 Å². The predicted molar refractivity (Wildman–Crippen MR) is 97.3 cm³/mol. The number of hydrogen-bond donors (Lipinski definition) is 0. The summed E-state index contributed by atoms with van der Waals surface area (Å²) < 4.78 is 0. The van der Waals surface area contributed by atoms with Gasteiger partial charge in [0.1, 0.15) is 0 Å². The molecule has 0 spiro atoms. The average Bonchev–Trinajstić information content (AvgIpc) is 2.49. The molecule has 120 valence electrons. The molecule has 0 N–H and O–H groups in total. The Morgan fingerprint density at radius 2 is 1.91 bits per heavy atom. The van der Waals surface area contributed by atoms with Crippen molar-refractivity contribution in [2.75, 3.05) is 7.05 Å². The van der Waals surface area contributed by atoms with Crippen LogP contribution in [0.2, 0.25) is 0 Å². The maximum atomic E-state index is 4.49. The lowest BCUT2D eigenvalue weighted by molar-refractivity contribution is 0.309. The summed E-state index contributed by atoms with van der Waals surface area (Å²) >= 11 is 0. The van der Waals surface area contributed by atoms with Crippen molar-refractivity contribution in [2.24, 2.45) is 5.92 Å². The van der Waals surface area contributed by atoms with Gasteiger partial charge in [0.2, 0.25) is 0 Å². The van der Waals surface area contributed by atoms with Crippen LogP contribution in [0.3, 0.4) is 0 Å². The molecule has 1 atom stereocenters. The van der Waals surface area contributed by atoms with Crippen molar-refractivity contribution < 1.29 is 0 Å². The second-order valence-corrected chi connectivity index (χ2v) is 7.25. The first kappa shape index (κ1) is 15.8. The zero-order valence-corrected chi connectivity index (χ0v) is 14.8. The molecule has 1 aliphatic rings. The lowest BCUT2D eigenvalue weighted by atomic mass is 9.84. The Balaban J connectivity index is 2.20. The van der Waals surface area contributed by atoms with E-state index in [0.717, 1.165) is 6.42 Å². The summed E-state index contributed by atoms with van der Waals surface area (Å²) in [6.45, 7) is 8.98. The van der Waals surface area contributed by atoms with Gasteiger partial charge in [-0.2, -0.15) is 0 Å². The molecule has 0 aliphatic carbocycles. The lowest BCUT2D eigenvalue weighted by Crippen LogP contribution is -2.47. The zero-order chi connectivity index (χ0) is 16.6. The van der Waals surface area contributed by atoms with Gasteiger partial charge in [0.05, 0.1) is 5.54 Å². The van der Waals surface area contributed by atoms with E-state index in [0.29, 0.717) is 5.92 Å². The highest BCUT2D eigenvalue weighted by Gasteiger charge is 2.30. The normalized spacial score (nSPS) is 20.0. The average molecular weight is 306 g/mol. The van der Waals surface area contributed by atoms with E-state index in [1.807, 2.05) is 12.4 Å². The number of rotatable bonds is 3. The fourth-order valence-corrected chi connectivity index (χ4v) is 3.55. The molecule has 3 rings (SSSR count). The summed E-state index contributed by atoms with van der Waals surface area (Å²) in [5, 5.41) is 2.56. The molecule has 2 nitrogen and oxygen atoms in total. The fourth-order valence-electron chi connectivity index (χ4n) is 3.55. The van der Waals surface area contributed by atoms with Crippen LogP contribution in [0.1, 0.15) is 37.5 Å². The van der Waals surface area contributed by atoms with E-state index in [-0.39, 0.29) is 5.54 Å². The largest absolute Gasteiger partial charge is 0.367 e. The molecule has 0 saturated heterocycles. The van der Waals surface area contributed by atoms with E-state index in [9.17, 15) is 0 Å². The smallest absolute Gasteiger partial charge is 0.0812 e. The second-order valence-electron chi connectivity index (χ2n) is 7.25. The quantitative estimate of drug-likeness (QED) is 0.867. The lowest BCUT2D eigenvalue weighted by Gasteiger charge is -2.39. The molecule has 2 heterocycles. The summed E-state index contributed by atoms with van der Waals surface area (Å²) in [6, 6.07) is 8.64. The molecule has 23 heavy (non-hydrogen) atoms. The fraction of sp³-hybridized carbons (Fsp3) is 0.381. The Morgan fingerprint density at radius 3 is 2.61 bits per heavy atom. The summed E-state index contributed by atoms with van der Waals surface area (Å²) in [5.41, 5.74) is 3.86. The van der Waals surface area contributed by atoms with Crippen LogP contribution in [0.4, 0.5) is 0 Å². The third kappa shape index (κ3) is 2.78. The van der Waals surface area contributed by atoms with Crippen molar-refractivity contribution >= 4 is 12.3 Å². The van der Waals surface area contributed by atoms with Gasteiger partial charge in [0, 0.05) is 36.1 Å². The molecule has 1 aliphatic heterocycles. The number of benzene rings is 1. The topological polar surface area (TPSA) is 16.1 Å². The molecule has 0 fully saturated rings. The maximum absolute atomic E-state index is 4.49. The van der Waals surface area contributed by atoms with Crippen molar-refractivity contribution in [2.45, 2.75) is 39.7 Å². The van der Waals surface area contributed by atoms with Crippen LogP contribution >= 0.6 is 0 Å². The highest BCUT2D eigenvalue weighted by atomic mass is 15.2. The Labute approximate surface area is 139 Å². The molecule has 1 aromatic carbocycles. The van der Waals surface area contributed by atoms with Crippen LogP contribution < -0.4 is 10.4 Å². The van der Waals surface area contributed by atoms with Gasteiger partial charge in [-0.15, -0.1) is 0 Å². The van der Waals surface area contributed by atoms with Gasteiger partial charge in [0.15, 0.2) is 0 Å². The standard InChI is InChI=1S/C21H26N2/c1-15(2)10-17-12-22-13-18-11-21(4,23(5)14-19(17)18)20-9-7-6-8-16(20)3/h6-9,11-15H,10H2,1-5H3. The van der Waals surface area contributed by atoms with E-state index in [1.165, 1.54) is 27.1 Å². The Kier molecular flexibility index (Phi) is 4.01. The van der Waals surface area contributed by atoms with E-state index in [1.54, 1.807) is 0 Å². The Hall–Kier alpha value is -2.09. The number of nitrogens with zero attached hydrogens (tertiary/aromatic N) is 2. The van der Waals surface area contributed by atoms with Gasteiger partial charge in [0.25, 0.3) is 0 Å². The first-order valence-corrected chi connectivity index (χ1v) is 8.38. The second kappa shape index (κ2) is 5.84. The molecular weight excluding hydrogens is 280 g/mol. The van der Waals surface area contributed by atoms with E-state index >= 15 is 0 Å². The third-order valence-electron chi connectivity index (χ3n) is 4.91. The van der Waals surface area contributed by atoms with Crippen molar-refractivity contribution in [1.82, 2.24) is 9.88 Å². The van der Waals surface area contributed by atoms with Crippen LogP contribution in [-0.2, 0) is 12.0 Å². The molecule has 2 aromatic rings. The van der Waals surface area contributed by atoms with Crippen molar-refractivity contribution in [3.8, 4) is 0 Å². The summed E-state index contributed by atoms with van der Waals surface area (Å²) in [6.07, 6.45) is 9.74. The number of aromatic nitrogens is 1. The minimum atomic E-state index is -0.142. The number of aryl methyl sites for hydroxylation is 1. The van der Waals surface area contributed by atoms with Gasteiger partial charge in [-0.3, -0.25) is 4.98 Å². The van der Waals surface area contributed by atoms with Crippen LogP contribution in [0.15, 0.2) is 36.7 Å². The third-order valence-corrected chi connectivity index (χ3v) is 4.91. The first-order valence-electron chi connectivity index (χ1n) is 8.38.